The van der Waals surface area contributed by atoms with E-state index in [0.717, 1.165) is 41.8 Å². The second-order valence-electron chi connectivity index (χ2n) is 8.08. The minimum atomic E-state index is -4.37. The number of halogens is 3. The second-order valence-corrected chi connectivity index (χ2v) is 8.08. The lowest BCUT2D eigenvalue weighted by molar-refractivity contribution is -0.137. The summed E-state index contributed by atoms with van der Waals surface area (Å²) < 4.78 is 39.1. The van der Waals surface area contributed by atoms with Crippen LogP contribution in [0.5, 0.6) is 0 Å². The van der Waals surface area contributed by atoms with Gasteiger partial charge in [0, 0.05) is 37.2 Å². The average molecular weight is 454 g/mol. The summed E-state index contributed by atoms with van der Waals surface area (Å²) in [6, 6.07) is 17.9. The van der Waals surface area contributed by atoms with E-state index >= 15 is 0 Å². The summed E-state index contributed by atoms with van der Waals surface area (Å²) in [6.07, 6.45) is 0.528. The number of rotatable bonds is 5. The Morgan fingerprint density at radius 1 is 0.939 bits per heavy atom. The van der Waals surface area contributed by atoms with Crippen LogP contribution in [0, 0.1) is 0 Å². The molecule has 1 atom stereocenters. The van der Waals surface area contributed by atoms with Crippen LogP contribution >= 0.6 is 0 Å². The molecule has 0 radical (unpaired) electrons. The fraction of sp³-hybridized carbons (Fsp3) is 0.280. The molecule has 1 saturated heterocycles. The molecular formula is C25H25F3N4O. The summed E-state index contributed by atoms with van der Waals surface area (Å²) in [4.78, 5) is 18.8. The number of piperidine rings is 1. The highest BCUT2D eigenvalue weighted by Gasteiger charge is 2.32. The molecule has 0 aliphatic carbocycles. The van der Waals surface area contributed by atoms with Gasteiger partial charge in [0.2, 0.25) is 0 Å². The quantitative estimate of drug-likeness (QED) is 0.537. The third-order valence-corrected chi connectivity index (χ3v) is 5.82. The molecule has 2 aromatic carbocycles. The molecule has 4 rings (SSSR count). The van der Waals surface area contributed by atoms with Crippen molar-refractivity contribution in [2.24, 2.45) is 0 Å². The van der Waals surface area contributed by atoms with Crippen LogP contribution in [0.2, 0.25) is 0 Å². The zero-order valence-electron chi connectivity index (χ0n) is 17.9. The number of para-hydroxylation sites is 1. The molecule has 3 aromatic rings. The van der Waals surface area contributed by atoms with Crippen LogP contribution in [0.1, 0.15) is 35.6 Å². The molecule has 2 heterocycles. The summed E-state index contributed by atoms with van der Waals surface area (Å²) in [6.45, 7) is 1.38. The third kappa shape index (κ3) is 5.90. The van der Waals surface area contributed by atoms with Crippen molar-refractivity contribution >= 4 is 11.7 Å². The van der Waals surface area contributed by atoms with Gasteiger partial charge in [-0.15, -0.1) is 0 Å². The van der Waals surface area contributed by atoms with Gasteiger partial charge in [-0.05, 0) is 54.3 Å². The maximum atomic E-state index is 13.0. The Morgan fingerprint density at radius 3 is 2.24 bits per heavy atom. The first kappa shape index (κ1) is 22.8. The highest BCUT2D eigenvalue weighted by Crippen LogP contribution is 2.34. The van der Waals surface area contributed by atoms with Crippen LogP contribution in [-0.4, -0.2) is 35.0 Å². The Kier molecular flexibility index (Phi) is 6.93. The number of amides is 2. The maximum Gasteiger partial charge on any atom is 0.416 e. The molecule has 5 nitrogen and oxygen atoms in total. The number of likely N-dealkylation sites (tertiary alicyclic amines) is 1. The van der Waals surface area contributed by atoms with E-state index in [2.05, 4.69) is 20.5 Å². The molecule has 1 aliphatic rings. The van der Waals surface area contributed by atoms with Crippen LogP contribution in [0.25, 0.3) is 0 Å². The number of pyridine rings is 1. The zero-order chi connectivity index (χ0) is 23.3. The van der Waals surface area contributed by atoms with Gasteiger partial charge in [0.1, 0.15) is 0 Å². The first-order chi connectivity index (χ1) is 15.9. The van der Waals surface area contributed by atoms with Crippen molar-refractivity contribution in [2.75, 3.05) is 18.4 Å². The number of urea groups is 1. The van der Waals surface area contributed by atoms with E-state index in [1.807, 2.05) is 42.5 Å². The van der Waals surface area contributed by atoms with E-state index in [-0.39, 0.29) is 18.1 Å². The summed E-state index contributed by atoms with van der Waals surface area (Å²) >= 11 is 0. The minimum absolute atomic E-state index is 0.0205. The van der Waals surface area contributed by atoms with Crippen LogP contribution < -0.4 is 10.6 Å². The molecule has 172 valence electrons. The highest BCUT2D eigenvalue weighted by molar-refractivity contribution is 5.89. The lowest BCUT2D eigenvalue weighted by Crippen LogP contribution is -2.47. The second kappa shape index (κ2) is 10.0. The fourth-order valence-corrected chi connectivity index (χ4v) is 4.18. The number of nitrogens with one attached hydrogen (secondary N) is 2. The van der Waals surface area contributed by atoms with E-state index < -0.39 is 11.7 Å². The van der Waals surface area contributed by atoms with E-state index in [0.29, 0.717) is 13.1 Å². The molecular weight excluding hydrogens is 429 g/mol. The Morgan fingerprint density at radius 2 is 1.64 bits per heavy atom. The molecule has 1 aliphatic heterocycles. The number of carbonyl (C=O) groups excluding carboxylic acids is 1. The minimum Gasteiger partial charge on any atom is -0.335 e. The van der Waals surface area contributed by atoms with Crippen molar-refractivity contribution in [3.05, 3.63) is 95.8 Å². The van der Waals surface area contributed by atoms with Crippen LogP contribution in [-0.2, 0) is 6.18 Å². The lowest BCUT2D eigenvalue weighted by Gasteiger charge is -2.38. The molecule has 2 amide bonds. The van der Waals surface area contributed by atoms with Gasteiger partial charge in [-0.25, -0.2) is 4.79 Å². The number of carbonyl (C=O) groups is 1. The Balaban J connectivity index is 1.43. The predicted octanol–water partition coefficient (Wildman–Crippen LogP) is 5.48. The maximum absolute atomic E-state index is 13.0. The molecule has 33 heavy (non-hydrogen) atoms. The number of nitrogens with zero attached hydrogens (tertiary/aromatic N) is 2. The smallest absolute Gasteiger partial charge is 0.335 e. The van der Waals surface area contributed by atoms with Crippen molar-refractivity contribution in [1.82, 2.24) is 15.2 Å². The first-order valence-corrected chi connectivity index (χ1v) is 10.8. The number of anilines is 1. The molecule has 0 saturated carbocycles. The van der Waals surface area contributed by atoms with Crippen molar-refractivity contribution in [2.45, 2.75) is 31.1 Å². The summed E-state index contributed by atoms with van der Waals surface area (Å²) in [5.74, 6) is 0. The van der Waals surface area contributed by atoms with Crippen LogP contribution in [0.3, 0.4) is 0 Å². The van der Waals surface area contributed by atoms with Gasteiger partial charge in [-0.2, -0.15) is 13.2 Å². The number of hydrogen-bond donors (Lipinski definition) is 2. The van der Waals surface area contributed by atoms with Crippen molar-refractivity contribution in [3.63, 3.8) is 0 Å². The van der Waals surface area contributed by atoms with Gasteiger partial charge >= 0.3 is 12.2 Å². The highest BCUT2D eigenvalue weighted by atomic mass is 19.4. The van der Waals surface area contributed by atoms with Crippen molar-refractivity contribution < 1.29 is 18.0 Å². The number of benzene rings is 2. The Hall–Kier alpha value is -3.39. The number of hydrogen-bond acceptors (Lipinski definition) is 3. The standard InChI is InChI=1S/C25H25F3N4O/c26-25(27,28)20-10-8-18(9-11-20)23(19-5-4-14-29-17-19)32-15-12-22(13-16-32)31-24(33)30-21-6-2-1-3-7-21/h1-11,14,17,22-23H,12-13,15-16H2,(H2,30,31,33). The van der Waals surface area contributed by atoms with Gasteiger partial charge in [0.05, 0.1) is 11.6 Å². The summed E-state index contributed by atoms with van der Waals surface area (Å²) in [5, 5.41) is 5.84. The van der Waals surface area contributed by atoms with Gasteiger partial charge in [-0.3, -0.25) is 9.88 Å². The van der Waals surface area contributed by atoms with Gasteiger partial charge in [0.15, 0.2) is 0 Å². The number of alkyl halides is 3. The zero-order valence-corrected chi connectivity index (χ0v) is 17.9. The largest absolute Gasteiger partial charge is 0.416 e. The van der Waals surface area contributed by atoms with Gasteiger partial charge < -0.3 is 10.6 Å². The topological polar surface area (TPSA) is 57.3 Å². The summed E-state index contributed by atoms with van der Waals surface area (Å²) in [7, 11) is 0. The van der Waals surface area contributed by atoms with Crippen molar-refractivity contribution in [1.29, 1.82) is 0 Å². The monoisotopic (exact) mass is 454 g/mol. The molecule has 0 bridgehead atoms. The molecule has 1 aromatic heterocycles. The average Bonchev–Trinajstić information content (AvgIpc) is 2.81. The molecule has 2 N–H and O–H groups in total. The Bertz CT molecular complexity index is 1030. The fourth-order valence-electron chi connectivity index (χ4n) is 4.18. The van der Waals surface area contributed by atoms with Gasteiger partial charge in [0.25, 0.3) is 0 Å². The van der Waals surface area contributed by atoms with Crippen molar-refractivity contribution in [3.8, 4) is 0 Å². The van der Waals surface area contributed by atoms with E-state index in [1.165, 1.54) is 12.1 Å². The van der Waals surface area contributed by atoms with Crippen LogP contribution in [0.15, 0.2) is 79.1 Å². The molecule has 1 unspecified atom stereocenters. The summed E-state index contributed by atoms with van der Waals surface area (Å²) in [5.41, 5.74) is 1.77. The molecule has 8 heteroatoms. The predicted molar refractivity (Wildman–Crippen MR) is 121 cm³/mol. The van der Waals surface area contributed by atoms with E-state index in [4.69, 9.17) is 0 Å². The third-order valence-electron chi connectivity index (χ3n) is 5.82. The Labute approximate surface area is 190 Å². The van der Waals surface area contributed by atoms with Crippen LogP contribution in [0.4, 0.5) is 23.7 Å². The van der Waals surface area contributed by atoms with E-state index in [9.17, 15) is 18.0 Å². The van der Waals surface area contributed by atoms with E-state index in [1.54, 1.807) is 12.4 Å². The number of aromatic nitrogens is 1. The lowest BCUT2D eigenvalue weighted by atomic mass is 9.94. The van der Waals surface area contributed by atoms with Gasteiger partial charge in [-0.1, -0.05) is 36.4 Å². The normalized spacial score (nSPS) is 16.2. The molecule has 1 fully saturated rings. The SMILES string of the molecule is O=C(Nc1ccccc1)NC1CCN(C(c2ccc(C(F)(F)F)cc2)c2cccnc2)CC1. The molecule has 0 spiro atoms. The first-order valence-electron chi connectivity index (χ1n) is 10.8.